The lowest BCUT2D eigenvalue weighted by atomic mass is 10.1. The molecule has 5 nitrogen and oxygen atoms in total. The van der Waals surface area contributed by atoms with Gasteiger partial charge in [0, 0.05) is 36.8 Å². The minimum atomic E-state index is -0.606. The van der Waals surface area contributed by atoms with E-state index in [-0.39, 0.29) is 12.0 Å². The van der Waals surface area contributed by atoms with Gasteiger partial charge >= 0.3 is 0 Å². The Labute approximate surface area is 138 Å². The van der Waals surface area contributed by atoms with E-state index in [0.717, 1.165) is 23.9 Å². The fourth-order valence-electron chi connectivity index (χ4n) is 3.08. The Morgan fingerprint density at radius 2 is 2.25 bits per heavy atom. The number of halogens is 2. The van der Waals surface area contributed by atoms with E-state index in [2.05, 4.69) is 15.6 Å². The zero-order valence-corrected chi connectivity index (χ0v) is 13.5. The number of benzene rings is 1. The highest BCUT2D eigenvalue weighted by atomic mass is 19.1. The minimum Gasteiger partial charge on any atom is -0.375 e. The Morgan fingerprint density at radius 1 is 1.42 bits per heavy atom. The van der Waals surface area contributed by atoms with Crippen molar-refractivity contribution < 1.29 is 18.3 Å². The summed E-state index contributed by atoms with van der Waals surface area (Å²) in [5, 5.41) is 6.54. The van der Waals surface area contributed by atoms with Crippen LogP contribution >= 0.6 is 0 Å². The number of aromatic amines is 1. The summed E-state index contributed by atoms with van der Waals surface area (Å²) >= 11 is 0. The van der Waals surface area contributed by atoms with Crippen LogP contribution in [0.25, 0.3) is 10.9 Å². The van der Waals surface area contributed by atoms with Crippen LogP contribution in [0.2, 0.25) is 0 Å². The fourth-order valence-corrected chi connectivity index (χ4v) is 3.08. The molecule has 1 atom stereocenters. The number of aryl methyl sites for hydroxylation is 1. The lowest BCUT2D eigenvalue weighted by Gasteiger charge is -2.23. The zero-order chi connectivity index (χ0) is 17.1. The average Bonchev–Trinajstić information content (AvgIpc) is 2.85. The Hall–Kier alpha value is -1.99. The molecule has 24 heavy (non-hydrogen) atoms. The molecule has 0 aliphatic carbocycles. The lowest BCUT2D eigenvalue weighted by Crippen LogP contribution is -2.41. The molecule has 1 aliphatic rings. The first-order chi connectivity index (χ1) is 11.5. The Bertz CT molecular complexity index is 739. The van der Waals surface area contributed by atoms with Gasteiger partial charge in [0.05, 0.1) is 24.6 Å². The summed E-state index contributed by atoms with van der Waals surface area (Å²) in [7, 11) is 0. The molecular formula is C17H21F2N3O2. The van der Waals surface area contributed by atoms with Crippen molar-refractivity contribution in [3.05, 3.63) is 35.0 Å². The Kier molecular flexibility index (Phi) is 5.11. The summed E-state index contributed by atoms with van der Waals surface area (Å²) in [5.74, 6) is -1.30. The molecule has 1 aliphatic heterocycles. The van der Waals surface area contributed by atoms with Gasteiger partial charge in [0.2, 0.25) is 5.91 Å². The number of morpholine rings is 1. The topological polar surface area (TPSA) is 66.2 Å². The molecule has 2 heterocycles. The maximum Gasteiger partial charge on any atom is 0.222 e. The van der Waals surface area contributed by atoms with Crippen molar-refractivity contribution in [2.45, 2.75) is 25.9 Å². The third-order valence-electron chi connectivity index (χ3n) is 4.26. The predicted molar refractivity (Wildman–Crippen MR) is 86.9 cm³/mol. The molecule has 0 saturated carbocycles. The van der Waals surface area contributed by atoms with Crippen molar-refractivity contribution in [1.82, 2.24) is 15.6 Å². The Balaban J connectivity index is 1.59. The highest BCUT2D eigenvalue weighted by Gasteiger charge is 2.18. The van der Waals surface area contributed by atoms with Crippen LogP contribution < -0.4 is 10.6 Å². The number of amides is 1. The van der Waals surface area contributed by atoms with Crippen molar-refractivity contribution in [2.75, 3.05) is 26.2 Å². The van der Waals surface area contributed by atoms with Gasteiger partial charge in [-0.3, -0.25) is 4.79 Å². The molecule has 0 spiro atoms. The van der Waals surface area contributed by atoms with Gasteiger partial charge < -0.3 is 20.4 Å². The predicted octanol–water partition coefficient (Wildman–Crippen LogP) is 1.79. The van der Waals surface area contributed by atoms with E-state index in [1.165, 1.54) is 6.07 Å². The molecule has 1 fully saturated rings. The van der Waals surface area contributed by atoms with Crippen molar-refractivity contribution in [3.8, 4) is 0 Å². The van der Waals surface area contributed by atoms with E-state index >= 15 is 0 Å². The first-order valence-electron chi connectivity index (χ1n) is 8.10. The van der Waals surface area contributed by atoms with Crippen molar-refractivity contribution in [3.63, 3.8) is 0 Å². The number of nitrogens with one attached hydrogen (secondary N) is 3. The second kappa shape index (κ2) is 7.27. The largest absolute Gasteiger partial charge is 0.375 e. The van der Waals surface area contributed by atoms with Crippen LogP contribution in [0.4, 0.5) is 8.78 Å². The molecule has 1 amide bonds. The summed E-state index contributed by atoms with van der Waals surface area (Å²) in [6.07, 6.45) is 0.713. The van der Waals surface area contributed by atoms with Gasteiger partial charge in [0.1, 0.15) is 11.6 Å². The quantitative estimate of drug-likeness (QED) is 0.779. The van der Waals surface area contributed by atoms with Crippen LogP contribution in [-0.4, -0.2) is 43.2 Å². The van der Waals surface area contributed by atoms with Crippen LogP contribution in [0.5, 0.6) is 0 Å². The molecule has 2 aromatic rings. The van der Waals surface area contributed by atoms with Gasteiger partial charge in [0.25, 0.3) is 0 Å². The van der Waals surface area contributed by atoms with Gasteiger partial charge in [-0.05, 0) is 25.0 Å². The number of aromatic nitrogens is 1. The van der Waals surface area contributed by atoms with Gasteiger partial charge in [-0.25, -0.2) is 8.78 Å². The van der Waals surface area contributed by atoms with Crippen LogP contribution in [0.15, 0.2) is 12.1 Å². The number of carbonyl (C=O) groups is 1. The van der Waals surface area contributed by atoms with E-state index in [1.807, 2.05) is 6.92 Å². The third-order valence-corrected chi connectivity index (χ3v) is 4.26. The molecule has 1 aromatic heterocycles. The van der Waals surface area contributed by atoms with Gasteiger partial charge in [-0.2, -0.15) is 0 Å². The van der Waals surface area contributed by atoms with Crippen LogP contribution in [-0.2, 0) is 16.0 Å². The van der Waals surface area contributed by atoms with Gasteiger partial charge in [0.15, 0.2) is 0 Å². The highest BCUT2D eigenvalue weighted by molar-refractivity contribution is 5.85. The molecule has 1 unspecified atom stereocenters. The van der Waals surface area contributed by atoms with Gasteiger partial charge in [-0.1, -0.05) is 0 Å². The number of hydrogen-bond donors (Lipinski definition) is 3. The molecular weight excluding hydrogens is 316 g/mol. The van der Waals surface area contributed by atoms with E-state index in [1.54, 1.807) is 0 Å². The van der Waals surface area contributed by atoms with Gasteiger partial charge in [-0.15, -0.1) is 0 Å². The maximum atomic E-state index is 13.8. The van der Waals surface area contributed by atoms with Crippen molar-refractivity contribution in [2.24, 2.45) is 0 Å². The first-order valence-corrected chi connectivity index (χ1v) is 8.10. The lowest BCUT2D eigenvalue weighted by molar-refractivity contribution is -0.124. The van der Waals surface area contributed by atoms with Crippen LogP contribution in [0, 0.1) is 18.6 Å². The molecule has 3 rings (SSSR count). The number of hydrogen-bond acceptors (Lipinski definition) is 3. The molecule has 0 radical (unpaired) electrons. The zero-order valence-electron chi connectivity index (χ0n) is 13.5. The molecule has 7 heteroatoms. The summed E-state index contributed by atoms with van der Waals surface area (Å²) < 4.78 is 32.7. The highest BCUT2D eigenvalue weighted by Crippen LogP contribution is 2.25. The maximum absolute atomic E-state index is 13.8. The van der Waals surface area contributed by atoms with E-state index in [4.69, 9.17) is 4.74 Å². The minimum absolute atomic E-state index is 0.0847. The van der Waals surface area contributed by atoms with E-state index in [9.17, 15) is 13.6 Å². The summed E-state index contributed by atoms with van der Waals surface area (Å²) in [5.41, 5.74) is 1.90. The summed E-state index contributed by atoms with van der Waals surface area (Å²) in [6.45, 7) is 4.32. The number of H-pyrrole nitrogens is 1. The molecule has 1 saturated heterocycles. The van der Waals surface area contributed by atoms with E-state index in [0.29, 0.717) is 43.4 Å². The third kappa shape index (κ3) is 3.73. The molecule has 1 aromatic carbocycles. The number of carbonyl (C=O) groups excluding carboxylic acids is 1. The smallest absolute Gasteiger partial charge is 0.222 e. The number of fused-ring (bicyclic) bond motifs is 1. The van der Waals surface area contributed by atoms with Crippen molar-refractivity contribution >= 4 is 16.8 Å². The fraction of sp³-hybridized carbons (Fsp3) is 0.471. The standard InChI is InChI=1S/C17H21F2N3O2/c1-10-13(14-6-11(18)7-15(19)17(14)22-10)2-3-21-16(23)8-12-9-20-4-5-24-12/h6-7,12,20,22H,2-5,8-9H2,1H3,(H,21,23). The first kappa shape index (κ1) is 16.9. The number of ether oxygens (including phenoxy) is 1. The normalized spacial score (nSPS) is 18.0. The van der Waals surface area contributed by atoms with Crippen LogP contribution in [0.1, 0.15) is 17.7 Å². The van der Waals surface area contributed by atoms with Crippen molar-refractivity contribution in [1.29, 1.82) is 0 Å². The Morgan fingerprint density at radius 3 is 3.00 bits per heavy atom. The van der Waals surface area contributed by atoms with E-state index < -0.39 is 11.6 Å². The molecule has 130 valence electrons. The second-order valence-corrected chi connectivity index (χ2v) is 6.04. The summed E-state index contributed by atoms with van der Waals surface area (Å²) in [6, 6.07) is 2.18. The summed E-state index contributed by atoms with van der Waals surface area (Å²) in [4.78, 5) is 14.9. The number of rotatable bonds is 5. The average molecular weight is 337 g/mol. The second-order valence-electron chi connectivity index (χ2n) is 6.04. The van der Waals surface area contributed by atoms with Crippen LogP contribution in [0.3, 0.4) is 0 Å². The monoisotopic (exact) mass is 337 g/mol. The molecule has 0 bridgehead atoms. The molecule has 3 N–H and O–H groups in total. The SMILES string of the molecule is Cc1[nH]c2c(F)cc(F)cc2c1CCNC(=O)CC1CNCCO1.